The third kappa shape index (κ3) is 3.19. The number of fused-ring (bicyclic) bond motifs is 1. The largest absolute Gasteiger partial charge is 0.492 e. The molecule has 0 radical (unpaired) electrons. The molecule has 27 heavy (non-hydrogen) atoms. The van der Waals surface area contributed by atoms with E-state index < -0.39 is 5.97 Å². The number of nitrogens with zero attached hydrogens (tertiary/aromatic N) is 1. The second-order valence-electron chi connectivity index (χ2n) is 5.72. The Morgan fingerprint density at radius 2 is 2.04 bits per heavy atom. The Labute approximate surface area is 155 Å². The van der Waals surface area contributed by atoms with Crippen molar-refractivity contribution in [2.45, 2.75) is 6.92 Å². The maximum absolute atomic E-state index is 12.3. The summed E-state index contributed by atoms with van der Waals surface area (Å²) in [6.45, 7) is 2.57. The molecule has 2 aliphatic rings. The summed E-state index contributed by atoms with van der Waals surface area (Å²) in [6, 6.07) is 10.7. The predicted molar refractivity (Wildman–Crippen MR) is 97.3 cm³/mol. The maximum Gasteiger partial charge on any atom is 0.363 e. The standard InChI is InChI=1S/C20H17NO6/c1-3-24-16-6-4-5-12(18(16)23-2)9-14-20(22)27-19(21-14)13-7-8-15-17(10-13)26-11-25-15/h4-10H,3,11H2,1-2H3/b14-9-. The number of carbonyl (C=O) groups excluding carboxylic acids is 1. The fourth-order valence-electron chi connectivity index (χ4n) is 2.84. The highest BCUT2D eigenvalue weighted by molar-refractivity contribution is 6.13. The molecule has 0 unspecified atom stereocenters. The Balaban J connectivity index is 1.68. The van der Waals surface area contributed by atoms with Crippen molar-refractivity contribution in [1.82, 2.24) is 0 Å². The van der Waals surface area contributed by atoms with E-state index in [1.54, 1.807) is 37.5 Å². The van der Waals surface area contributed by atoms with Gasteiger partial charge in [-0.05, 0) is 37.3 Å². The van der Waals surface area contributed by atoms with Gasteiger partial charge < -0.3 is 23.7 Å². The van der Waals surface area contributed by atoms with Gasteiger partial charge in [0, 0.05) is 11.1 Å². The Hall–Kier alpha value is -3.48. The number of cyclic esters (lactones) is 1. The van der Waals surface area contributed by atoms with E-state index >= 15 is 0 Å². The predicted octanol–water partition coefficient (Wildman–Crippen LogP) is 3.17. The van der Waals surface area contributed by atoms with Gasteiger partial charge >= 0.3 is 5.97 Å². The molecule has 0 atom stereocenters. The Morgan fingerprint density at radius 1 is 1.19 bits per heavy atom. The van der Waals surface area contributed by atoms with Gasteiger partial charge in [-0.15, -0.1) is 0 Å². The molecule has 2 aliphatic heterocycles. The number of hydrogen-bond acceptors (Lipinski definition) is 7. The molecule has 0 N–H and O–H groups in total. The van der Waals surface area contributed by atoms with Crippen LogP contribution in [0.3, 0.4) is 0 Å². The summed E-state index contributed by atoms with van der Waals surface area (Å²) in [5.41, 5.74) is 1.48. The molecular weight excluding hydrogens is 350 g/mol. The fourth-order valence-corrected chi connectivity index (χ4v) is 2.84. The van der Waals surface area contributed by atoms with Crippen LogP contribution in [0.5, 0.6) is 23.0 Å². The summed E-state index contributed by atoms with van der Waals surface area (Å²) in [6.07, 6.45) is 1.61. The van der Waals surface area contributed by atoms with Gasteiger partial charge in [0.2, 0.25) is 12.7 Å². The van der Waals surface area contributed by atoms with Crippen molar-refractivity contribution in [1.29, 1.82) is 0 Å². The first-order chi connectivity index (χ1) is 13.2. The maximum atomic E-state index is 12.3. The number of esters is 1. The SMILES string of the molecule is CCOc1cccc(/C=C2\N=C(c3ccc4c(c3)OCO4)OC2=O)c1OC. The number of benzene rings is 2. The lowest BCUT2D eigenvalue weighted by atomic mass is 10.1. The van der Waals surface area contributed by atoms with Gasteiger partial charge in [-0.2, -0.15) is 0 Å². The normalized spacial score (nSPS) is 16.3. The van der Waals surface area contributed by atoms with Gasteiger partial charge in [-0.1, -0.05) is 12.1 Å². The number of ether oxygens (including phenoxy) is 5. The van der Waals surface area contributed by atoms with Crippen LogP contribution in [0, 0.1) is 0 Å². The molecule has 138 valence electrons. The molecular formula is C20H17NO6. The first-order valence-corrected chi connectivity index (χ1v) is 8.42. The number of carbonyl (C=O) groups is 1. The zero-order valence-corrected chi connectivity index (χ0v) is 14.9. The van der Waals surface area contributed by atoms with Crippen LogP contribution in [-0.2, 0) is 9.53 Å². The molecule has 0 aliphatic carbocycles. The second kappa shape index (κ2) is 7.03. The van der Waals surface area contributed by atoms with Crippen LogP contribution < -0.4 is 18.9 Å². The zero-order chi connectivity index (χ0) is 18.8. The van der Waals surface area contributed by atoms with Crippen molar-refractivity contribution >= 4 is 17.9 Å². The van der Waals surface area contributed by atoms with E-state index in [-0.39, 0.29) is 18.4 Å². The average molecular weight is 367 g/mol. The Kier molecular flexibility index (Phi) is 4.42. The van der Waals surface area contributed by atoms with Crippen molar-refractivity contribution in [3.63, 3.8) is 0 Å². The summed E-state index contributed by atoms with van der Waals surface area (Å²) < 4.78 is 27.0. The number of hydrogen-bond donors (Lipinski definition) is 0. The quantitative estimate of drug-likeness (QED) is 0.597. The summed E-state index contributed by atoms with van der Waals surface area (Å²) >= 11 is 0. The van der Waals surface area contributed by atoms with Crippen LogP contribution in [0.1, 0.15) is 18.1 Å². The molecule has 7 heteroatoms. The van der Waals surface area contributed by atoms with Crippen LogP contribution in [0.25, 0.3) is 6.08 Å². The van der Waals surface area contributed by atoms with Crippen molar-refractivity contribution in [2.75, 3.05) is 20.5 Å². The highest BCUT2D eigenvalue weighted by Crippen LogP contribution is 2.35. The smallest absolute Gasteiger partial charge is 0.363 e. The second-order valence-corrected chi connectivity index (χ2v) is 5.72. The lowest BCUT2D eigenvalue weighted by Gasteiger charge is -2.11. The molecule has 2 aromatic rings. The number of para-hydroxylation sites is 1. The molecule has 7 nitrogen and oxygen atoms in total. The fraction of sp³-hybridized carbons (Fsp3) is 0.200. The third-order valence-corrected chi connectivity index (χ3v) is 4.05. The molecule has 0 saturated carbocycles. The lowest BCUT2D eigenvalue weighted by Crippen LogP contribution is -2.05. The van der Waals surface area contributed by atoms with Crippen LogP contribution in [0.15, 0.2) is 47.1 Å². The Morgan fingerprint density at radius 3 is 2.85 bits per heavy atom. The van der Waals surface area contributed by atoms with E-state index in [2.05, 4.69) is 4.99 Å². The summed E-state index contributed by atoms with van der Waals surface area (Å²) in [4.78, 5) is 16.6. The third-order valence-electron chi connectivity index (χ3n) is 4.05. The highest BCUT2D eigenvalue weighted by Gasteiger charge is 2.26. The van der Waals surface area contributed by atoms with Gasteiger partial charge in [0.25, 0.3) is 0 Å². The zero-order valence-electron chi connectivity index (χ0n) is 14.9. The number of methoxy groups -OCH3 is 1. The molecule has 0 fully saturated rings. The number of aliphatic imine (C=N–C) groups is 1. The summed E-state index contributed by atoms with van der Waals surface area (Å²) in [5, 5.41) is 0. The van der Waals surface area contributed by atoms with Gasteiger partial charge in [0.1, 0.15) is 0 Å². The van der Waals surface area contributed by atoms with Crippen molar-refractivity contribution in [3.8, 4) is 23.0 Å². The van der Waals surface area contributed by atoms with E-state index in [1.807, 2.05) is 19.1 Å². The average Bonchev–Trinajstić information content (AvgIpc) is 3.28. The topological polar surface area (TPSA) is 75.6 Å². The minimum absolute atomic E-state index is 0.173. The van der Waals surface area contributed by atoms with Crippen LogP contribution in [0.2, 0.25) is 0 Å². The monoisotopic (exact) mass is 367 g/mol. The molecule has 0 amide bonds. The van der Waals surface area contributed by atoms with Gasteiger partial charge in [-0.25, -0.2) is 9.79 Å². The molecule has 2 aromatic carbocycles. The Bertz CT molecular complexity index is 963. The first-order valence-electron chi connectivity index (χ1n) is 8.42. The summed E-state index contributed by atoms with van der Waals surface area (Å²) in [7, 11) is 1.55. The van der Waals surface area contributed by atoms with Gasteiger partial charge in [0.05, 0.1) is 13.7 Å². The molecule has 2 heterocycles. The molecule has 0 saturated heterocycles. The molecule has 4 rings (SSSR count). The molecule has 0 spiro atoms. The van der Waals surface area contributed by atoms with E-state index in [1.165, 1.54) is 0 Å². The van der Waals surface area contributed by atoms with E-state index in [9.17, 15) is 4.79 Å². The van der Waals surface area contributed by atoms with Crippen molar-refractivity contribution in [2.24, 2.45) is 4.99 Å². The van der Waals surface area contributed by atoms with Crippen molar-refractivity contribution < 1.29 is 28.5 Å². The van der Waals surface area contributed by atoms with Crippen LogP contribution >= 0.6 is 0 Å². The van der Waals surface area contributed by atoms with E-state index in [0.29, 0.717) is 40.7 Å². The minimum atomic E-state index is -0.536. The summed E-state index contributed by atoms with van der Waals surface area (Å²) in [5.74, 6) is 2.05. The first kappa shape index (κ1) is 17.0. The van der Waals surface area contributed by atoms with Crippen LogP contribution in [0.4, 0.5) is 0 Å². The van der Waals surface area contributed by atoms with Gasteiger partial charge in [-0.3, -0.25) is 0 Å². The molecule has 0 aromatic heterocycles. The van der Waals surface area contributed by atoms with E-state index in [4.69, 9.17) is 23.7 Å². The van der Waals surface area contributed by atoms with Crippen molar-refractivity contribution in [3.05, 3.63) is 53.2 Å². The highest BCUT2D eigenvalue weighted by atomic mass is 16.7. The van der Waals surface area contributed by atoms with Crippen LogP contribution in [-0.4, -0.2) is 32.4 Å². The number of rotatable bonds is 5. The molecule has 0 bridgehead atoms. The minimum Gasteiger partial charge on any atom is -0.492 e. The van der Waals surface area contributed by atoms with Gasteiger partial charge in [0.15, 0.2) is 28.7 Å². The van der Waals surface area contributed by atoms with E-state index in [0.717, 1.165) is 0 Å². The lowest BCUT2D eigenvalue weighted by molar-refractivity contribution is -0.129.